The zero-order valence-electron chi connectivity index (χ0n) is 13.4. The van der Waals surface area contributed by atoms with E-state index in [1.165, 1.54) is 10.5 Å². The van der Waals surface area contributed by atoms with E-state index >= 15 is 0 Å². The quantitative estimate of drug-likeness (QED) is 0.595. The van der Waals surface area contributed by atoms with Gasteiger partial charge >= 0.3 is 0 Å². The molecule has 1 fully saturated rings. The molecule has 1 aliphatic heterocycles. The van der Waals surface area contributed by atoms with E-state index in [1.807, 2.05) is 30.3 Å². The number of likely N-dealkylation sites (tertiary alicyclic amines) is 1. The Labute approximate surface area is 143 Å². The van der Waals surface area contributed by atoms with Crippen LogP contribution in [0.25, 0.3) is 0 Å². The summed E-state index contributed by atoms with van der Waals surface area (Å²) in [6.45, 7) is 0.598. The maximum atomic E-state index is 13.8. The molecular formula is C19H17F4NO. The highest BCUT2D eigenvalue weighted by atomic mass is 19.2. The van der Waals surface area contributed by atoms with Gasteiger partial charge in [-0.1, -0.05) is 30.3 Å². The minimum atomic E-state index is -1.64. The van der Waals surface area contributed by atoms with Crippen molar-refractivity contribution in [3.05, 3.63) is 70.8 Å². The molecule has 1 aliphatic rings. The van der Waals surface area contributed by atoms with Crippen molar-refractivity contribution in [2.24, 2.45) is 5.92 Å². The Kier molecular flexibility index (Phi) is 5.06. The van der Waals surface area contributed by atoms with Crippen LogP contribution < -0.4 is 0 Å². The van der Waals surface area contributed by atoms with Crippen molar-refractivity contribution in [2.45, 2.75) is 19.3 Å². The molecule has 0 radical (unpaired) electrons. The van der Waals surface area contributed by atoms with E-state index in [9.17, 15) is 22.4 Å². The van der Waals surface area contributed by atoms with Crippen LogP contribution in [0, 0.1) is 29.2 Å². The molecule has 1 heterocycles. The molecule has 2 aromatic rings. The van der Waals surface area contributed by atoms with Gasteiger partial charge in [0.2, 0.25) is 0 Å². The average Bonchev–Trinajstić information content (AvgIpc) is 2.62. The van der Waals surface area contributed by atoms with E-state index in [-0.39, 0.29) is 6.07 Å². The molecule has 1 saturated heterocycles. The second kappa shape index (κ2) is 7.25. The molecule has 1 amide bonds. The molecule has 0 aliphatic carbocycles. The second-order valence-electron chi connectivity index (χ2n) is 6.27. The number of carbonyl (C=O) groups excluding carboxylic acids is 1. The lowest BCUT2D eigenvalue weighted by molar-refractivity contribution is 0.0678. The topological polar surface area (TPSA) is 20.3 Å². The Morgan fingerprint density at radius 3 is 2.08 bits per heavy atom. The number of benzene rings is 2. The highest BCUT2D eigenvalue weighted by molar-refractivity contribution is 5.95. The van der Waals surface area contributed by atoms with Crippen molar-refractivity contribution in [3.63, 3.8) is 0 Å². The Morgan fingerprint density at radius 1 is 0.960 bits per heavy atom. The summed E-state index contributed by atoms with van der Waals surface area (Å²) in [5, 5.41) is 0. The number of piperidine rings is 1. The lowest BCUT2D eigenvalue weighted by Crippen LogP contribution is -2.40. The molecule has 0 saturated carbocycles. The van der Waals surface area contributed by atoms with Gasteiger partial charge in [-0.25, -0.2) is 17.6 Å². The smallest absolute Gasteiger partial charge is 0.260 e. The molecular weight excluding hydrogens is 334 g/mol. The van der Waals surface area contributed by atoms with Crippen molar-refractivity contribution in [1.29, 1.82) is 0 Å². The normalized spacial score (nSPS) is 15.4. The van der Waals surface area contributed by atoms with Crippen molar-refractivity contribution in [2.75, 3.05) is 13.1 Å². The molecule has 0 N–H and O–H groups in total. The van der Waals surface area contributed by atoms with E-state index in [2.05, 4.69) is 0 Å². The number of hydrogen-bond acceptors (Lipinski definition) is 1. The van der Waals surface area contributed by atoms with E-state index in [1.54, 1.807) is 0 Å². The summed E-state index contributed by atoms with van der Waals surface area (Å²) >= 11 is 0. The summed E-state index contributed by atoms with van der Waals surface area (Å²) in [5.41, 5.74) is 0.0376. The van der Waals surface area contributed by atoms with Gasteiger partial charge in [0.05, 0.1) is 0 Å². The highest BCUT2D eigenvalue weighted by Crippen LogP contribution is 2.25. The second-order valence-corrected chi connectivity index (χ2v) is 6.27. The third-order valence-corrected chi connectivity index (χ3v) is 4.59. The van der Waals surface area contributed by atoms with E-state index in [4.69, 9.17) is 0 Å². The monoisotopic (exact) mass is 351 g/mol. The number of rotatable bonds is 3. The van der Waals surface area contributed by atoms with Gasteiger partial charge < -0.3 is 4.90 Å². The van der Waals surface area contributed by atoms with Gasteiger partial charge in [-0.15, -0.1) is 0 Å². The summed E-state index contributed by atoms with van der Waals surface area (Å²) in [6, 6.07) is 10.0. The largest absolute Gasteiger partial charge is 0.338 e. The Bertz CT molecular complexity index is 744. The maximum Gasteiger partial charge on any atom is 0.260 e. The third-order valence-electron chi connectivity index (χ3n) is 4.59. The summed E-state index contributed by atoms with van der Waals surface area (Å²) in [6.07, 6.45) is 2.20. The number of nitrogens with zero attached hydrogens (tertiary/aromatic N) is 1. The molecule has 2 aromatic carbocycles. The molecule has 3 rings (SSSR count). The van der Waals surface area contributed by atoms with Crippen LogP contribution in [0.1, 0.15) is 28.8 Å². The lowest BCUT2D eigenvalue weighted by Gasteiger charge is -2.32. The standard InChI is InChI=1S/C19H17F4NO/c20-14-11-15(21)18(23)16(17(14)22)19(25)24-8-6-13(7-9-24)10-12-4-2-1-3-5-12/h1-5,11,13H,6-10H2. The van der Waals surface area contributed by atoms with Crippen molar-refractivity contribution in [1.82, 2.24) is 4.90 Å². The third kappa shape index (κ3) is 3.67. The molecule has 6 heteroatoms. The summed E-state index contributed by atoms with van der Waals surface area (Å²) in [5.74, 6) is -7.08. The Hall–Kier alpha value is -2.37. The first-order valence-electron chi connectivity index (χ1n) is 8.13. The van der Waals surface area contributed by atoms with Gasteiger partial charge in [0, 0.05) is 19.2 Å². The SMILES string of the molecule is O=C(c1c(F)c(F)cc(F)c1F)N1CCC(Cc2ccccc2)CC1. The maximum absolute atomic E-state index is 13.8. The Morgan fingerprint density at radius 2 is 1.52 bits per heavy atom. The van der Waals surface area contributed by atoms with Gasteiger partial charge in [-0.2, -0.15) is 0 Å². The lowest BCUT2D eigenvalue weighted by atomic mass is 9.90. The van der Waals surface area contributed by atoms with Gasteiger partial charge in [-0.05, 0) is 30.7 Å². The first-order valence-corrected chi connectivity index (χ1v) is 8.13. The van der Waals surface area contributed by atoms with Crippen molar-refractivity contribution in [3.8, 4) is 0 Å². The average molecular weight is 351 g/mol. The van der Waals surface area contributed by atoms with Gasteiger partial charge in [0.1, 0.15) is 5.56 Å². The zero-order chi connectivity index (χ0) is 18.0. The van der Waals surface area contributed by atoms with Crippen molar-refractivity contribution >= 4 is 5.91 Å². The molecule has 0 spiro atoms. The molecule has 0 unspecified atom stereocenters. The number of carbonyl (C=O) groups is 1. The molecule has 25 heavy (non-hydrogen) atoms. The molecule has 0 bridgehead atoms. The van der Waals surface area contributed by atoms with Crippen LogP contribution in [0.4, 0.5) is 17.6 Å². The highest BCUT2D eigenvalue weighted by Gasteiger charge is 2.30. The number of amides is 1. The fourth-order valence-electron chi connectivity index (χ4n) is 3.21. The van der Waals surface area contributed by atoms with Crippen molar-refractivity contribution < 1.29 is 22.4 Å². The van der Waals surface area contributed by atoms with Crippen LogP contribution in [-0.2, 0) is 6.42 Å². The predicted molar refractivity (Wildman–Crippen MR) is 85.0 cm³/mol. The van der Waals surface area contributed by atoms with Crippen LogP contribution in [0.5, 0.6) is 0 Å². The van der Waals surface area contributed by atoms with E-state index < -0.39 is 34.7 Å². The summed E-state index contributed by atoms with van der Waals surface area (Å²) in [4.78, 5) is 13.6. The molecule has 2 nitrogen and oxygen atoms in total. The zero-order valence-corrected chi connectivity index (χ0v) is 13.4. The Balaban J connectivity index is 1.68. The van der Waals surface area contributed by atoms with E-state index in [0.29, 0.717) is 31.8 Å². The molecule has 132 valence electrons. The van der Waals surface area contributed by atoms with Crippen LogP contribution in [0.15, 0.2) is 36.4 Å². The van der Waals surface area contributed by atoms with Gasteiger partial charge in [-0.3, -0.25) is 4.79 Å². The number of halogens is 4. The van der Waals surface area contributed by atoms with E-state index in [0.717, 1.165) is 6.42 Å². The minimum absolute atomic E-state index is 0.105. The summed E-state index contributed by atoms with van der Waals surface area (Å²) in [7, 11) is 0. The van der Waals surface area contributed by atoms with Crippen LogP contribution in [0.3, 0.4) is 0 Å². The van der Waals surface area contributed by atoms with Gasteiger partial charge in [0.15, 0.2) is 23.3 Å². The predicted octanol–water partition coefficient (Wildman–Crippen LogP) is 4.34. The fourth-order valence-corrected chi connectivity index (χ4v) is 3.21. The van der Waals surface area contributed by atoms with Crippen LogP contribution in [-0.4, -0.2) is 23.9 Å². The number of hydrogen-bond donors (Lipinski definition) is 0. The van der Waals surface area contributed by atoms with Gasteiger partial charge in [0.25, 0.3) is 5.91 Å². The summed E-state index contributed by atoms with van der Waals surface area (Å²) < 4.78 is 54.2. The van der Waals surface area contributed by atoms with Crippen LogP contribution in [0.2, 0.25) is 0 Å². The molecule has 0 aromatic heterocycles. The fraction of sp³-hybridized carbons (Fsp3) is 0.316. The molecule has 0 atom stereocenters. The first kappa shape index (κ1) is 17.5. The first-order chi connectivity index (χ1) is 12.0. The minimum Gasteiger partial charge on any atom is -0.338 e. The van der Waals surface area contributed by atoms with Crippen LogP contribution >= 0.6 is 0 Å².